The number of ether oxygens (including phenoxy) is 1. The molecule has 1 aromatic carbocycles. The summed E-state index contributed by atoms with van der Waals surface area (Å²) in [5.41, 5.74) is 4.16. The lowest BCUT2D eigenvalue weighted by molar-refractivity contribution is 0.0876. The summed E-state index contributed by atoms with van der Waals surface area (Å²) in [7, 11) is 5.99. The van der Waals surface area contributed by atoms with Gasteiger partial charge in [0.05, 0.1) is 13.2 Å². The number of nitrogens with two attached hydrogens (primary N) is 1. The molecule has 1 heterocycles. The van der Waals surface area contributed by atoms with E-state index in [1.165, 1.54) is 5.56 Å². The first-order valence-corrected chi connectivity index (χ1v) is 6.64. The lowest BCUT2D eigenvalue weighted by atomic mass is 9.97. The van der Waals surface area contributed by atoms with E-state index in [0.717, 1.165) is 25.4 Å². The molecule has 0 aliphatic carbocycles. The van der Waals surface area contributed by atoms with Crippen LogP contribution in [0.25, 0.3) is 0 Å². The van der Waals surface area contributed by atoms with Crippen molar-refractivity contribution in [3.05, 3.63) is 29.8 Å². The molecule has 1 aliphatic rings. The topological polar surface area (TPSA) is 53.8 Å². The number of nitrogens with one attached hydrogen (secondary N) is 1. The van der Waals surface area contributed by atoms with Gasteiger partial charge in [-0.15, -0.1) is 0 Å². The van der Waals surface area contributed by atoms with Gasteiger partial charge in [-0.05, 0) is 31.8 Å². The monoisotopic (exact) mass is 264 g/mol. The van der Waals surface area contributed by atoms with Crippen LogP contribution in [0.2, 0.25) is 0 Å². The Balaban J connectivity index is 2.17. The molecule has 5 heteroatoms. The highest BCUT2D eigenvalue weighted by Gasteiger charge is 2.30. The molecule has 0 aromatic heterocycles. The molecule has 0 amide bonds. The third-order valence-electron chi connectivity index (χ3n) is 3.94. The zero-order valence-electron chi connectivity index (χ0n) is 12.0. The largest absolute Gasteiger partial charge is 0.497 e. The van der Waals surface area contributed by atoms with Crippen LogP contribution in [0, 0.1) is 0 Å². The summed E-state index contributed by atoms with van der Waals surface area (Å²) in [5, 5.41) is 0. The van der Waals surface area contributed by atoms with Crippen LogP contribution in [0.1, 0.15) is 11.6 Å². The standard InChI is InChI=1S/C14H24N4O/c1-17-8-9-18(2)13(10-17)14(16-15)11-4-6-12(19-3)7-5-11/h4-7,13-14,16H,8-10,15H2,1-3H3. The summed E-state index contributed by atoms with van der Waals surface area (Å²) in [5.74, 6) is 6.66. The van der Waals surface area contributed by atoms with Crippen molar-refractivity contribution in [3.8, 4) is 5.75 Å². The van der Waals surface area contributed by atoms with Crippen LogP contribution in [0.4, 0.5) is 0 Å². The lowest BCUT2D eigenvalue weighted by Gasteiger charge is -2.41. The number of hydrazine groups is 1. The molecule has 2 rings (SSSR count). The minimum Gasteiger partial charge on any atom is -0.497 e. The minimum atomic E-state index is 0.124. The van der Waals surface area contributed by atoms with E-state index in [2.05, 4.69) is 41.5 Å². The van der Waals surface area contributed by atoms with E-state index in [9.17, 15) is 0 Å². The summed E-state index contributed by atoms with van der Waals surface area (Å²) >= 11 is 0. The number of hydrogen-bond acceptors (Lipinski definition) is 5. The Kier molecular flexibility index (Phi) is 4.76. The maximum atomic E-state index is 5.79. The number of methoxy groups -OCH3 is 1. The fourth-order valence-corrected chi connectivity index (χ4v) is 2.64. The van der Waals surface area contributed by atoms with Crippen LogP contribution < -0.4 is 16.0 Å². The Morgan fingerprint density at radius 2 is 1.95 bits per heavy atom. The predicted molar refractivity (Wildman–Crippen MR) is 77.0 cm³/mol. The van der Waals surface area contributed by atoms with Crippen molar-refractivity contribution < 1.29 is 4.74 Å². The van der Waals surface area contributed by atoms with E-state index < -0.39 is 0 Å². The molecule has 3 N–H and O–H groups in total. The first-order valence-electron chi connectivity index (χ1n) is 6.64. The highest BCUT2D eigenvalue weighted by Crippen LogP contribution is 2.24. The first-order chi connectivity index (χ1) is 9.15. The molecule has 0 radical (unpaired) electrons. The molecular weight excluding hydrogens is 240 g/mol. The van der Waals surface area contributed by atoms with E-state index >= 15 is 0 Å². The second kappa shape index (κ2) is 6.34. The highest BCUT2D eigenvalue weighted by atomic mass is 16.5. The Hall–Kier alpha value is -1.14. The Labute approximate surface area is 115 Å². The zero-order chi connectivity index (χ0) is 13.8. The van der Waals surface area contributed by atoms with Gasteiger partial charge >= 0.3 is 0 Å². The van der Waals surface area contributed by atoms with Gasteiger partial charge < -0.3 is 9.64 Å². The quantitative estimate of drug-likeness (QED) is 0.611. The van der Waals surface area contributed by atoms with Crippen LogP contribution in [-0.4, -0.2) is 56.7 Å². The van der Waals surface area contributed by atoms with Gasteiger partial charge in [0.25, 0.3) is 0 Å². The van der Waals surface area contributed by atoms with Gasteiger partial charge in [0.15, 0.2) is 0 Å². The molecule has 1 aliphatic heterocycles. The summed E-state index contributed by atoms with van der Waals surface area (Å²) in [4.78, 5) is 4.72. The molecule has 1 saturated heterocycles. The van der Waals surface area contributed by atoms with Crippen molar-refractivity contribution in [2.24, 2.45) is 5.84 Å². The van der Waals surface area contributed by atoms with Crippen molar-refractivity contribution in [3.63, 3.8) is 0 Å². The number of nitrogens with zero attached hydrogens (tertiary/aromatic N) is 2. The third kappa shape index (κ3) is 3.25. The number of hydrogen-bond donors (Lipinski definition) is 2. The van der Waals surface area contributed by atoms with E-state index in [1.54, 1.807) is 7.11 Å². The normalized spacial score (nSPS) is 23.3. The Morgan fingerprint density at radius 1 is 1.26 bits per heavy atom. The van der Waals surface area contributed by atoms with E-state index in [4.69, 9.17) is 10.6 Å². The van der Waals surface area contributed by atoms with E-state index in [0.29, 0.717) is 6.04 Å². The molecule has 1 aromatic rings. The maximum absolute atomic E-state index is 5.79. The van der Waals surface area contributed by atoms with Crippen molar-refractivity contribution in [1.29, 1.82) is 0 Å². The molecule has 2 atom stereocenters. The smallest absolute Gasteiger partial charge is 0.118 e. The average Bonchev–Trinajstić information content (AvgIpc) is 2.44. The molecule has 106 valence electrons. The molecule has 0 saturated carbocycles. The second-order valence-electron chi connectivity index (χ2n) is 5.23. The first kappa shape index (κ1) is 14.3. The molecule has 2 unspecified atom stereocenters. The summed E-state index contributed by atoms with van der Waals surface area (Å²) in [6, 6.07) is 8.60. The average molecular weight is 264 g/mol. The number of benzene rings is 1. The van der Waals surface area contributed by atoms with Gasteiger partial charge in [0, 0.05) is 25.7 Å². The summed E-state index contributed by atoms with van der Waals surface area (Å²) in [6.07, 6.45) is 0. The molecular formula is C14H24N4O. The number of likely N-dealkylation sites (N-methyl/N-ethyl adjacent to an activating group) is 2. The van der Waals surface area contributed by atoms with Gasteiger partial charge in [-0.1, -0.05) is 12.1 Å². The van der Waals surface area contributed by atoms with E-state index in [1.807, 2.05) is 12.1 Å². The lowest BCUT2D eigenvalue weighted by Crippen LogP contribution is -2.56. The SMILES string of the molecule is COc1ccc(C(NN)C2CN(C)CCN2C)cc1. The summed E-state index contributed by atoms with van der Waals surface area (Å²) in [6.45, 7) is 3.18. The summed E-state index contributed by atoms with van der Waals surface area (Å²) < 4.78 is 5.20. The number of piperazine rings is 1. The molecule has 1 fully saturated rings. The highest BCUT2D eigenvalue weighted by molar-refractivity contribution is 5.30. The van der Waals surface area contributed by atoms with Crippen molar-refractivity contribution >= 4 is 0 Å². The minimum absolute atomic E-state index is 0.124. The third-order valence-corrected chi connectivity index (χ3v) is 3.94. The van der Waals surface area contributed by atoms with Crippen molar-refractivity contribution in [2.75, 3.05) is 40.8 Å². The van der Waals surface area contributed by atoms with Crippen LogP contribution >= 0.6 is 0 Å². The molecule has 5 nitrogen and oxygen atoms in total. The number of rotatable bonds is 4. The Bertz CT molecular complexity index is 395. The van der Waals surface area contributed by atoms with Crippen LogP contribution in [-0.2, 0) is 0 Å². The van der Waals surface area contributed by atoms with Gasteiger partial charge in [0.1, 0.15) is 5.75 Å². The molecule has 19 heavy (non-hydrogen) atoms. The van der Waals surface area contributed by atoms with E-state index in [-0.39, 0.29) is 6.04 Å². The fraction of sp³-hybridized carbons (Fsp3) is 0.571. The predicted octanol–water partition coefficient (Wildman–Crippen LogP) is 0.445. The van der Waals surface area contributed by atoms with Gasteiger partial charge in [-0.25, -0.2) is 0 Å². The molecule has 0 bridgehead atoms. The van der Waals surface area contributed by atoms with Crippen molar-refractivity contribution in [2.45, 2.75) is 12.1 Å². The van der Waals surface area contributed by atoms with Crippen LogP contribution in [0.3, 0.4) is 0 Å². The molecule has 0 spiro atoms. The fourth-order valence-electron chi connectivity index (χ4n) is 2.64. The second-order valence-corrected chi connectivity index (χ2v) is 5.23. The van der Waals surface area contributed by atoms with Crippen LogP contribution in [0.5, 0.6) is 5.75 Å². The van der Waals surface area contributed by atoms with Crippen molar-refractivity contribution in [1.82, 2.24) is 15.2 Å². The van der Waals surface area contributed by atoms with Gasteiger partial charge in [0.2, 0.25) is 0 Å². The Morgan fingerprint density at radius 3 is 2.53 bits per heavy atom. The van der Waals surface area contributed by atoms with Gasteiger partial charge in [-0.3, -0.25) is 16.2 Å². The maximum Gasteiger partial charge on any atom is 0.118 e. The zero-order valence-corrected chi connectivity index (χ0v) is 12.0. The van der Waals surface area contributed by atoms with Crippen LogP contribution in [0.15, 0.2) is 24.3 Å². The van der Waals surface area contributed by atoms with Gasteiger partial charge in [-0.2, -0.15) is 0 Å².